The first-order valence-corrected chi connectivity index (χ1v) is 7.09. The Labute approximate surface area is 138 Å². The van der Waals surface area contributed by atoms with Crippen LogP contribution in [0.5, 0.6) is 0 Å². The van der Waals surface area contributed by atoms with Crippen molar-refractivity contribution in [2.24, 2.45) is 0 Å². The number of nitrogens with one attached hydrogen (secondary N) is 1. The van der Waals surface area contributed by atoms with Gasteiger partial charge in [0.25, 0.3) is 5.92 Å². The van der Waals surface area contributed by atoms with Crippen LogP contribution in [0, 0.1) is 0 Å². The third-order valence-corrected chi connectivity index (χ3v) is 3.95. The molecule has 0 saturated carbocycles. The molecule has 0 unspecified atom stereocenters. The Morgan fingerprint density at radius 3 is 2.43 bits per heavy atom. The molecule has 0 bridgehead atoms. The Balaban J connectivity index is 0.00000220. The van der Waals surface area contributed by atoms with E-state index in [1.807, 2.05) is 0 Å². The second-order valence-electron chi connectivity index (χ2n) is 4.77. The number of benzene rings is 1. The van der Waals surface area contributed by atoms with Crippen LogP contribution in [-0.2, 0) is 0 Å². The summed E-state index contributed by atoms with van der Waals surface area (Å²) in [5, 5.41) is 12.7. The second-order valence-corrected chi connectivity index (χ2v) is 5.62. The number of nitrogens with zero attached hydrogens (tertiary/aromatic N) is 1. The van der Waals surface area contributed by atoms with E-state index in [4.69, 9.17) is 28.3 Å². The van der Waals surface area contributed by atoms with Crippen molar-refractivity contribution >= 4 is 35.6 Å². The molecule has 2 rings (SSSR count). The first-order chi connectivity index (χ1) is 9.45. The molecule has 0 radical (unpaired) electrons. The lowest BCUT2D eigenvalue weighted by atomic mass is 9.98. The van der Waals surface area contributed by atoms with Gasteiger partial charge in [-0.1, -0.05) is 29.3 Å². The van der Waals surface area contributed by atoms with Crippen molar-refractivity contribution < 1.29 is 13.9 Å². The van der Waals surface area contributed by atoms with E-state index in [2.05, 4.69) is 5.32 Å². The average molecular weight is 362 g/mol. The Kier molecular flexibility index (Phi) is 7.10. The van der Waals surface area contributed by atoms with E-state index in [1.54, 1.807) is 4.90 Å². The number of aliphatic hydroxyl groups excluding tert-OH is 1. The van der Waals surface area contributed by atoms with Gasteiger partial charge in [0.1, 0.15) is 12.6 Å². The van der Waals surface area contributed by atoms with Gasteiger partial charge in [0, 0.05) is 36.2 Å². The Morgan fingerprint density at radius 2 is 1.90 bits per heavy atom. The number of hydrogen-bond donors (Lipinski definition) is 2. The zero-order valence-corrected chi connectivity index (χ0v) is 13.5. The van der Waals surface area contributed by atoms with E-state index >= 15 is 0 Å². The van der Waals surface area contributed by atoms with Gasteiger partial charge in [-0.05, 0) is 17.7 Å². The molecule has 1 aliphatic rings. The molecule has 120 valence electrons. The maximum absolute atomic E-state index is 14.2. The summed E-state index contributed by atoms with van der Waals surface area (Å²) in [7, 11) is 0. The van der Waals surface area contributed by atoms with Crippen LogP contribution in [0.2, 0.25) is 10.0 Å². The van der Waals surface area contributed by atoms with Crippen LogP contribution in [-0.4, -0.2) is 48.7 Å². The molecule has 0 spiro atoms. The molecule has 8 heteroatoms. The smallest absolute Gasteiger partial charge is 0.289 e. The Bertz CT molecular complexity index is 471. The highest BCUT2D eigenvalue weighted by atomic mass is 35.5. The van der Waals surface area contributed by atoms with Crippen molar-refractivity contribution in [2.75, 3.05) is 32.8 Å². The van der Waals surface area contributed by atoms with Crippen LogP contribution in [0.15, 0.2) is 18.2 Å². The van der Waals surface area contributed by atoms with Gasteiger partial charge in [-0.3, -0.25) is 4.90 Å². The van der Waals surface area contributed by atoms with Crippen LogP contribution in [0.3, 0.4) is 0 Å². The minimum atomic E-state index is -3.27. The van der Waals surface area contributed by atoms with E-state index in [1.165, 1.54) is 18.2 Å². The molecule has 1 fully saturated rings. The van der Waals surface area contributed by atoms with E-state index in [0.717, 1.165) is 0 Å². The lowest BCUT2D eigenvalue weighted by Crippen LogP contribution is -2.51. The van der Waals surface area contributed by atoms with Gasteiger partial charge in [-0.25, -0.2) is 8.78 Å². The second kappa shape index (κ2) is 7.90. The number of rotatable bonds is 4. The molecule has 1 aromatic carbocycles. The number of halogens is 5. The molecule has 0 aromatic heterocycles. The molecule has 1 aromatic rings. The minimum absolute atomic E-state index is 0. The molecule has 2 N–H and O–H groups in total. The standard InChI is InChI=1S/C13H16Cl2F2N2O.ClH/c14-9-1-2-10(11(15)7-9)12(13(16,17)8-20)19-5-3-18-4-6-19;/h1-2,7,12,18,20H,3-6,8H2;1H/t12-;/m1./s1. The first kappa shape index (κ1) is 18.9. The zero-order valence-electron chi connectivity index (χ0n) is 11.2. The Morgan fingerprint density at radius 1 is 1.29 bits per heavy atom. The predicted octanol–water partition coefficient (Wildman–Crippen LogP) is 2.99. The van der Waals surface area contributed by atoms with Crippen molar-refractivity contribution in [3.05, 3.63) is 33.8 Å². The molecule has 1 aliphatic heterocycles. The third-order valence-electron chi connectivity index (χ3n) is 3.38. The van der Waals surface area contributed by atoms with Crippen molar-refractivity contribution in [3.63, 3.8) is 0 Å². The number of piperazine rings is 1. The number of aliphatic hydroxyl groups is 1. The quantitative estimate of drug-likeness (QED) is 0.865. The van der Waals surface area contributed by atoms with Gasteiger partial charge in [-0.2, -0.15) is 0 Å². The van der Waals surface area contributed by atoms with Gasteiger partial charge in [0.05, 0.1) is 0 Å². The molecule has 1 saturated heterocycles. The summed E-state index contributed by atoms with van der Waals surface area (Å²) in [5.41, 5.74) is 0.289. The van der Waals surface area contributed by atoms with Crippen LogP contribution >= 0.6 is 35.6 Å². The lowest BCUT2D eigenvalue weighted by Gasteiger charge is -2.39. The largest absolute Gasteiger partial charge is 0.390 e. The molecule has 1 heterocycles. The van der Waals surface area contributed by atoms with Crippen LogP contribution in [0.1, 0.15) is 11.6 Å². The summed E-state index contributed by atoms with van der Waals surface area (Å²) in [6.45, 7) is 0.978. The van der Waals surface area contributed by atoms with Crippen LogP contribution < -0.4 is 5.32 Å². The normalized spacial score (nSPS) is 18.1. The maximum Gasteiger partial charge on any atom is 0.289 e. The zero-order chi connectivity index (χ0) is 14.8. The SMILES string of the molecule is Cl.OCC(F)(F)[C@@H](c1ccc(Cl)cc1Cl)N1CCNCC1. The summed E-state index contributed by atoms with van der Waals surface area (Å²) in [6.07, 6.45) is 0. The van der Waals surface area contributed by atoms with E-state index in [-0.39, 0.29) is 23.0 Å². The van der Waals surface area contributed by atoms with Crippen molar-refractivity contribution in [3.8, 4) is 0 Å². The Hall–Kier alpha value is -0.170. The molecular formula is C13H17Cl3F2N2O. The minimum Gasteiger partial charge on any atom is -0.390 e. The van der Waals surface area contributed by atoms with Gasteiger partial charge in [-0.15, -0.1) is 12.4 Å². The van der Waals surface area contributed by atoms with Gasteiger partial charge >= 0.3 is 0 Å². The third kappa shape index (κ3) is 4.41. The summed E-state index contributed by atoms with van der Waals surface area (Å²) in [6, 6.07) is 3.23. The molecule has 0 aliphatic carbocycles. The van der Waals surface area contributed by atoms with Gasteiger partial charge < -0.3 is 10.4 Å². The lowest BCUT2D eigenvalue weighted by molar-refractivity contribution is -0.118. The summed E-state index contributed by atoms with van der Waals surface area (Å²) in [5.74, 6) is -3.27. The topological polar surface area (TPSA) is 35.5 Å². The van der Waals surface area contributed by atoms with E-state index in [0.29, 0.717) is 31.2 Å². The predicted molar refractivity (Wildman–Crippen MR) is 82.9 cm³/mol. The van der Waals surface area contributed by atoms with Gasteiger partial charge in [0.2, 0.25) is 0 Å². The van der Waals surface area contributed by atoms with Gasteiger partial charge in [0.15, 0.2) is 0 Å². The summed E-state index contributed by atoms with van der Waals surface area (Å²) >= 11 is 11.9. The fraction of sp³-hybridized carbons (Fsp3) is 0.538. The molecule has 1 atom stereocenters. The number of hydrogen-bond acceptors (Lipinski definition) is 3. The molecule has 0 amide bonds. The summed E-state index contributed by atoms with van der Waals surface area (Å²) in [4.78, 5) is 1.64. The fourth-order valence-corrected chi connectivity index (χ4v) is 2.95. The highest BCUT2D eigenvalue weighted by Crippen LogP contribution is 2.40. The molecule has 3 nitrogen and oxygen atoms in total. The van der Waals surface area contributed by atoms with E-state index in [9.17, 15) is 8.78 Å². The molecule has 21 heavy (non-hydrogen) atoms. The van der Waals surface area contributed by atoms with Crippen molar-refractivity contribution in [2.45, 2.75) is 12.0 Å². The monoisotopic (exact) mass is 360 g/mol. The summed E-state index contributed by atoms with van der Waals surface area (Å²) < 4.78 is 28.3. The van der Waals surface area contributed by atoms with Crippen LogP contribution in [0.4, 0.5) is 8.78 Å². The molecular weight excluding hydrogens is 345 g/mol. The van der Waals surface area contributed by atoms with Crippen LogP contribution in [0.25, 0.3) is 0 Å². The number of alkyl halides is 2. The average Bonchev–Trinajstić information content (AvgIpc) is 2.43. The first-order valence-electron chi connectivity index (χ1n) is 6.34. The highest BCUT2D eigenvalue weighted by Gasteiger charge is 2.44. The fourth-order valence-electron chi connectivity index (χ4n) is 2.44. The van der Waals surface area contributed by atoms with E-state index < -0.39 is 18.6 Å². The highest BCUT2D eigenvalue weighted by molar-refractivity contribution is 6.35. The maximum atomic E-state index is 14.2. The van der Waals surface area contributed by atoms with Crippen molar-refractivity contribution in [1.82, 2.24) is 10.2 Å². The van der Waals surface area contributed by atoms with Crippen molar-refractivity contribution in [1.29, 1.82) is 0 Å².